The molecular formula is C19H22N2O2S. The maximum atomic E-state index is 12.2. The van der Waals surface area contributed by atoms with Crippen LogP contribution in [-0.4, -0.2) is 21.9 Å². The topological polar surface area (TPSA) is 62.0 Å². The standard InChI is InChI=1S/C19H22N2O2S/c22-18(11-24-13-4-1-2-5-13)20-12-8-9-15-14-6-3-7-16(14)19(23)21-17(15)10-12/h8-10,13H,1-7,11H2,(H,20,22)(H,21,23). The third-order valence-corrected chi connectivity index (χ3v) is 6.49. The highest BCUT2D eigenvalue weighted by Crippen LogP contribution is 2.30. The Hall–Kier alpha value is -1.75. The zero-order valence-corrected chi connectivity index (χ0v) is 14.5. The summed E-state index contributed by atoms with van der Waals surface area (Å²) in [6.45, 7) is 0. The molecule has 0 aliphatic heterocycles. The average molecular weight is 342 g/mol. The SMILES string of the molecule is O=C(CSC1CCCC1)Nc1ccc2c3c(c(=O)[nH]c2c1)CCC3. The fraction of sp³-hybridized carbons (Fsp3) is 0.474. The van der Waals surface area contributed by atoms with Crippen LogP contribution in [0.25, 0.3) is 10.9 Å². The summed E-state index contributed by atoms with van der Waals surface area (Å²) in [6.07, 6.45) is 7.95. The van der Waals surface area contributed by atoms with Gasteiger partial charge in [-0.15, -0.1) is 11.8 Å². The van der Waals surface area contributed by atoms with Gasteiger partial charge >= 0.3 is 0 Å². The predicted octanol–water partition coefficient (Wildman–Crippen LogP) is 3.63. The van der Waals surface area contributed by atoms with E-state index < -0.39 is 0 Å². The molecule has 2 N–H and O–H groups in total. The molecule has 0 atom stereocenters. The lowest BCUT2D eigenvalue weighted by Crippen LogP contribution is -2.16. The number of aryl methyl sites for hydroxylation is 1. The van der Waals surface area contributed by atoms with Crippen LogP contribution in [0.1, 0.15) is 43.2 Å². The van der Waals surface area contributed by atoms with Gasteiger partial charge in [0.05, 0.1) is 11.3 Å². The molecule has 1 saturated carbocycles. The molecule has 0 bridgehead atoms. The van der Waals surface area contributed by atoms with Gasteiger partial charge in [0.25, 0.3) is 5.56 Å². The smallest absolute Gasteiger partial charge is 0.251 e. The molecule has 2 aliphatic carbocycles. The van der Waals surface area contributed by atoms with E-state index in [0.29, 0.717) is 11.0 Å². The number of fused-ring (bicyclic) bond motifs is 3. The van der Waals surface area contributed by atoms with E-state index in [1.807, 2.05) is 18.2 Å². The van der Waals surface area contributed by atoms with Crippen LogP contribution >= 0.6 is 11.8 Å². The van der Waals surface area contributed by atoms with Gasteiger partial charge in [0.15, 0.2) is 0 Å². The second-order valence-electron chi connectivity index (χ2n) is 6.79. The Labute approximate surface area is 145 Å². The summed E-state index contributed by atoms with van der Waals surface area (Å²) in [5.41, 5.74) is 3.72. The number of aromatic nitrogens is 1. The van der Waals surface area contributed by atoms with E-state index in [1.165, 1.54) is 31.2 Å². The maximum absolute atomic E-state index is 12.2. The first-order chi connectivity index (χ1) is 11.7. The van der Waals surface area contributed by atoms with Crippen molar-refractivity contribution in [2.75, 3.05) is 11.1 Å². The molecule has 0 spiro atoms. The van der Waals surface area contributed by atoms with Crippen LogP contribution in [0.15, 0.2) is 23.0 Å². The summed E-state index contributed by atoms with van der Waals surface area (Å²) in [4.78, 5) is 27.3. The van der Waals surface area contributed by atoms with Crippen LogP contribution in [0, 0.1) is 0 Å². The third kappa shape index (κ3) is 3.09. The molecular weight excluding hydrogens is 320 g/mol. The number of rotatable bonds is 4. The number of carbonyl (C=O) groups excluding carboxylic acids is 1. The number of nitrogens with one attached hydrogen (secondary N) is 2. The number of benzene rings is 1. The molecule has 1 heterocycles. The molecule has 1 aromatic heterocycles. The molecule has 2 aliphatic rings. The number of amides is 1. The summed E-state index contributed by atoms with van der Waals surface area (Å²) in [5, 5.41) is 4.72. The van der Waals surface area contributed by atoms with Gasteiger partial charge in [-0.25, -0.2) is 0 Å². The van der Waals surface area contributed by atoms with Crippen molar-refractivity contribution in [1.82, 2.24) is 4.98 Å². The molecule has 1 aromatic carbocycles. The number of carbonyl (C=O) groups is 1. The molecule has 0 unspecified atom stereocenters. The number of H-pyrrole nitrogens is 1. The largest absolute Gasteiger partial charge is 0.325 e. The Morgan fingerprint density at radius 2 is 1.96 bits per heavy atom. The molecule has 4 nitrogen and oxygen atoms in total. The maximum Gasteiger partial charge on any atom is 0.251 e. The molecule has 1 fully saturated rings. The van der Waals surface area contributed by atoms with E-state index in [9.17, 15) is 9.59 Å². The predicted molar refractivity (Wildman–Crippen MR) is 99.9 cm³/mol. The van der Waals surface area contributed by atoms with Crippen molar-refractivity contribution in [3.8, 4) is 0 Å². The lowest BCUT2D eigenvalue weighted by atomic mass is 10.1. The molecule has 0 radical (unpaired) electrons. The average Bonchev–Trinajstić information content (AvgIpc) is 3.25. The fourth-order valence-corrected chi connectivity index (χ4v) is 5.05. The van der Waals surface area contributed by atoms with Crippen LogP contribution in [0.4, 0.5) is 5.69 Å². The molecule has 2 aromatic rings. The monoisotopic (exact) mass is 342 g/mol. The second kappa shape index (κ2) is 6.63. The van der Waals surface area contributed by atoms with Crippen molar-refractivity contribution in [1.29, 1.82) is 0 Å². The summed E-state index contributed by atoms with van der Waals surface area (Å²) >= 11 is 1.76. The zero-order valence-electron chi connectivity index (χ0n) is 13.7. The lowest BCUT2D eigenvalue weighted by Gasteiger charge is -2.11. The Kier molecular flexibility index (Phi) is 4.35. The first-order valence-corrected chi connectivity index (χ1v) is 9.85. The van der Waals surface area contributed by atoms with Crippen molar-refractivity contribution >= 4 is 34.3 Å². The number of thioether (sulfide) groups is 1. The summed E-state index contributed by atoms with van der Waals surface area (Å²) < 4.78 is 0. The molecule has 126 valence electrons. The van der Waals surface area contributed by atoms with Crippen LogP contribution in [0.2, 0.25) is 0 Å². The van der Waals surface area contributed by atoms with Gasteiger partial charge < -0.3 is 10.3 Å². The van der Waals surface area contributed by atoms with Gasteiger partial charge in [-0.3, -0.25) is 9.59 Å². The van der Waals surface area contributed by atoms with Gasteiger partial charge in [0, 0.05) is 21.9 Å². The third-order valence-electron chi connectivity index (χ3n) is 5.12. The minimum absolute atomic E-state index is 0.0234. The van der Waals surface area contributed by atoms with Crippen LogP contribution in [-0.2, 0) is 17.6 Å². The Bertz CT molecular complexity index is 837. The first-order valence-electron chi connectivity index (χ1n) is 8.80. The molecule has 4 rings (SSSR count). The zero-order chi connectivity index (χ0) is 16.5. The number of anilines is 1. The molecule has 24 heavy (non-hydrogen) atoms. The highest BCUT2D eigenvalue weighted by Gasteiger charge is 2.19. The van der Waals surface area contributed by atoms with Crippen molar-refractivity contribution in [2.24, 2.45) is 0 Å². The van der Waals surface area contributed by atoms with E-state index in [4.69, 9.17) is 0 Å². The fourth-order valence-electron chi connectivity index (χ4n) is 3.92. The highest BCUT2D eigenvalue weighted by molar-refractivity contribution is 8.00. The van der Waals surface area contributed by atoms with Gasteiger partial charge in [-0.05, 0) is 49.8 Å². The van der Waals surface area contributed by atoms with E-state index in [0.717, 1.165) is 41.4 Å². The van der Waals surface area contributed by atoms with Crippen molar-refractivity contribution in [3.05, 3.63) is 39.7 Å². The van der Waals surface area contributed by atoms with Crippen molar-refractivity contribution in [3.63, 3.8) is 0 Å². The summed E-state index contributed by atoms with van der Waals surface area (Å²) in [7, 11) is 0. The van der Waals surface area contributed by atoms with Gasteiger partial charge in [-0.1, -0.05) is 18.9 Å². The molecule has 0 saturated heterocycles. The highest BCUT2D eigenvalue weighted by atomic mass is 32.2. The number of hydrogen-bond donors (Lipinski definition) is 2. The summed E-state index contributed by atoms with van der Waals surface area (Å²) in [6, 6.07) is 5.85. The van der Waals surface area contributed by atoms with Crippen LogP contribution < -0.4 is 10.9 Å². The van der Waals surface area contributed by atoms with Gasteiger partial charge in [-0.2, -0.15) is 0 Å². The first kappa shape index (κ1) is 15.8. The minimum Gasteiger partial charge on any atom is -0.325 e. The quantitative estimate of drug-likeness (QED) is 0.892. The van der Waals surface area contributed by atoms with E-state index in [2.05, 4.69) is 10.3 Å². The van der Waals surface area contributed by atoms with E-state index >= 15 is 0 Å². The van der Waals surface area contributed by atoms with Gasteiger partial charge in [0.1, 0.15) is 0 Å². The lowest BCUT2D eigenvalue weighted by molar-refractivity contribution is -0.113. The number of pyridine rings is 1. The van der Waals surface area contributed by atoms with Crippen LogP contribution in [0.5, 0.6) is 0 Å². The summed E-state index contributed by atoms with van der Waals surface area (Å²) in [5.74, 6) is 0.540. The molecule has 5 heteroatoms. The van der Waals surface area contributed by atoms with Crippen molar-refractivity contribution in [2.45, 2.75) is 50.2 Å². The Balaban J connectivity index is 1.49. The van der Waals surface area contributed by atoms with Crippen molar-refractivity contribution < 1.29 is 4.79 Å². The van der Waals surface area contributed by atoms with Gasteiger partial charge in [0.2, 0.25) is 5.91 Å². The molecule has 1 amide bonds. The Morgan fingerprint density at radius 3 is 2.79 bits per heavy atom. The van der Waals surface area contributed by atoms with E-state index in [1.54, 1.807) is 11.8 Å². The normalized spacial score (nSPS) is 17.3. The number of hydrogen-bond acceptors (Lipinski definition) is 3. The van der Waals surface area contributed by atoms with Crippen LogP contribution in [0.3, 0.4) is 0 Å². The van der Waals surface area contributed by atoms with E-state index in [-0.39, 0.29) is 11.5 Å². The second-order valence-corrected chi connectivity index (χ2v) is 8.08. The minimum atomic E-state index is 0.0234. The Morgan fingerprint density at radius 1 is 1.17 bits per heavy atom. The number of aromatic amines is 1.